The van der Waals surface area contributed by atoms with E-state index in [9.17, 15) is 37.1 Å². The number of benzene rings is 3. The van der Waals surface area contributed by atoms with Crippen molar-refractivity contribution in [3.8, 4) is 40.0 Å². The lowest BCUT2D eigenvalue weighted by Crippen LogP contribution is -2.56. The lowest BCUT2D eigenvalue weighted by Gasteiger charge is -2.32. The van der Waals surface area contributed by atoms with Crippen LogP contribution in [0.1, 0.15) is 65.0 Å². The molecule has 360 valence electrons. The number of carbonyl (C=O) groups is 5. The number of amides is 5. The van der Waals surface area contributed by atoms with Gasteiger partial charge in [0.15, 0.2) is 0 Å². The molecule has 2 aliphatic rings. The number of aryl methyl sites for hydroxylation is 1. The highest BCUT2D eigenvalue weighted by Gasteiger charge is 2.64. The highest BCUT2D eigenvalue weighted by atomic mass is 19.4. The summed E-state index contributed by atoms with van der Waals surface area (Å²) in [7, 11) is 1.37. The van der Waals surface area contributed by atoms with Crippen molar-refractivity contribution in [2.75, 3.05) is 46.4 Å². The van der Waals surface area contributed by atoms with Gasteiger partial charge in [-0.1, -0.05) is 36.4 Å². The van der Waals surface area contributed by atoms with Gasteiger partial charge in [-0.3, -0.25) is 29.0 Å². The molecule has 1 saturated carbocycles. The van der Waals surface area contributed by atoms with Crippen molar-refractivity contribution in [3.05, 3.63) is 101 Å². The topological polar surface area (TPSA) is 270 Å². The maximum atomic E-state index is 14.6. The quantitative estimate of drug-likeness (QED) is 0.0800. The fourth-order valence-corrected chi connectivity index (χ4v) is 8.15. The van der Waals surface area contributed by atoms with E-state index < -0.39 is 65.3 Å². The lowest BCUT2D eigenvalue weighted by atomic mass is 9.93. The van der Waals surface area contributed by atoms with Crippen LogP contribution in [-0.4, -0.2) is 110 Å². The van der Waals surface area contributed by atoms with Gasteiger partial charge in [-0.25, -0.2) is 0 Å². The van der Waals surface area contributed by atoms with E-state index in [2.05, 4.69) is 26.3 Å². The van der Waals surface area contributed by atoms with Gasteiger partial charge in [0.2, 0.25) is 23.6 Å². The van der Waals surface area contributed by atoms with Crippen LogP contribution in [0.4, 0.5) is 13.2 Å². The molecule has 1 fully saturated rings. The summed E-state index contributed by atoms with van der Waals surface area (Å²) in [5, 5.41) is 19.7. The van der Waals surface area contributed by atoms with Gasteiger partial charge in [0.25, 0.3) is 5.91 Å². The summed E-state index contributed by atoms with van der Waals surface area (Å²) in [6.07, 6.45) is -4.38. The molecule has 68 heavy (non-hydrogen) atoms. The fourth-order valence-electron chi connectivity index (χ4n) is 8.15. The SMILES string of the molecule is Cc1nc(-c2ccc(C3(C(F)(F)F)CC3)cc2)ccc1C(=O)NC(CCN)C(=O)N(C)C1C(=O)NC(C)C(=O)NC(C(=O)NCC#N)Cc2ccc(OCCN)c(c2)-c2cc1ccc2OCCN. The number of pyridine rings is 1. The number of nitrogens with one attached hydrogen (secondary N) is 4. The first kappa shape index (κ1) is 50.3. The summed E-state index contributed by atoms with van der Waals surface area (Å²) in [5.74, 6) is -2.87. The summed E-state index contributed by atoms with van der Waals surface area (Å²) in [6.45, 7) is 3.17. The minimum absolute atomic E-state index is 0.0248. The van der Waals surface area contributed by atoms with Gasteiger partial charge in [-0.05, 0) is 92.7 Å². The predicted molar refractivity (Wildman–Crippen MR) is 245 cm³/mol. The second kappa shape index (κ2) is 21.7. The highest BCUT2D eigenvalue weighted by Crippen LogP contribution is 2.59. The second-order valence-electron chi connectivity index (χ2n) is 16.7. The largest absolute Gasteiger partial charge is 0.492 e. The maximum absolute atomic E-state index is 14.6. The van der Waals surface area contributed by atoms with Gasteiger partial charge < -0.3 is 52.8 Å². The Morgan fingerprint density at radius 2 is 1.56 bits per heavy atom. The average molecular weight is 941 g/mol. The summed E-state index contributed by atoms with van der Waals surface area (Å²) in [6, 6.07) is 15.7. The molecule has 4 aromatic rings. The van der Waals surface area contributed by atoms with Crippen molar-refractivity contribution in [2.45, 2.75) is 75.3 Å². The zero-order chi connectivity index (χ0) is 49.3. The van der Waals surface area contributed by atoms with E-state index in [4.69, 9.17) is 31.9 Å². The van der Waals surface area contributed by atoms with Crippen LogP contribution in [0.15, 0.2) is 72.8 Å². The monoisotopic (exact) mass is 940 g/mol. The third-order valence-electron chi connectivity index (χ3n) is 12.0. The van der Waals surface area contributed by atoms with Crippen LogP contribution in [0, 0.1) is 18.3 Å². The molecule has 0 radical (unpaired) electrons. The zero-order valence-electron chi connectivity index (χ0n) is 37.9. The third kappa shape index (κ3) is 11.2. The third-order valence-corrected chi connectivity index (χ3v) is 12.0. The first-order valence-corrected chi connectivity index (χ1v) is 22.1. The van der Waals surface area contributed by atoms with Gasteiger partial charge in [0.05, 0.1) is 28.4 Å². The molecule has 10 N–H and O–H groups in total. The number of aromatic nitrogens is 1. The smallest absolute Gasteiger partial charge is 0.398 e. The Hall–Kier alpha value is -7.08. The van der Waals surface area contributed by atoms with E-state index >= 15 is 0 Å². The lowest BCUT2D eigenvalue weighted by molar-refractivity contribution is -0.160. The Balaban J connectivity index is 1.35. The number of carbonyl (C=O) groups excluding carboxylic acids is 5. The molecule has 17 nitrogen and oxygen atoms in total. The first-order valence-electron chi connectivity index (χ1n) is 22.1. The van der Waals surface area contributed by atoms with Crippen molar-refractivity contribution in [1.29, 1.82) is 5.26 Å². The Morgan fingerprint density at radius 1 is 0.912 bits per heavy atom. The molecule has 0 saturated heterocycles. The van der Waals surface area contributed by atoms with Crippen molar-refractivity contribution in [3.63, 3.8) is 0 Å². The number of ether oxygens (including phenoxy) is 2. The number of nitriles is 1. The van der Waals surface area contributed by atoms with E-state index in [-0.39, 0.29) is 87.5 Å². The molecule has 3 aromatic carbocycles. The van der Waals surface area contributed by atoms with Crippen molar-refractivity contribution in [2.24, 2.45) is 17.2 Å². The molecular weight excluding hydrogens is 886 g/mol. The standard InChI is InChI=1S/C48H55F3N10O7/c1-27-33(10-11-36(57-27)30-5-8-32(9-6-30)47(15-16-47)48(49,50)51)43(63)59-37(14-17-52)46(66)61(3)41-31-7-13-40(68-23-20-55)35(26-31)34-24-29(4-12-39(34)67-22-19-54)25-38(44(64)56-21-18-53)60-42(62)28(2)58-45(41)65/h4-13,24,26,28,37-38,41H,14-17,19-23,25,52,54-55H2,1-3H3,(H,56,64)(H,58,65)(H,59,63)(H,60,62). The van der Waals surface area contributed by atoms with Crippen molar-refractivity contribution in [1.82, 2.24) is 31.2 Å². The van der Waals surface area contributed by atoms with Gasteiger partial charge in [-0.2, -0.15) is 18.4 Å². The zero-order valence-corrected chi connectivity index (χ0v) is 37.9. The van der Waals surface area contributed by atoms with E-state index in [0.717, 1.165) is 4.90 Å². The molecule has 4 atom stereocenters. The molecule has 1 aliphatic heterocycles. The molecule has 2 heterocycles. The van der Waals surface area contributed by atoms with Crippen molar-refractivity contribution >= 4 is 29.5 Å². The second-order valence-corrected chi connectivity index (χ2v) is 16.7. The molecular formula is C48H55F3N10O7. The Labute approximate surface area is 391 Å². The van der Waals surface area contributed by atoms with E-state index in [0.29, 0.717) is 39.4 Å². The van der Waals surface area contributed by atoms with Crippen LogP contribution in [0.2, 0.25) is 0 Å². The van der Waals surface area contributed by atoms with Gasteiger partial charge in [0.1, 0.15) is 55.4 Å². The van der Waals surface area contributed by atoms with Gasteiger partial charge >= 0.3 is 6.18 Å². The minimum Gasteiger partial charge on any atom is -0.492 e. The first-order chi connectivity index (χ1) is 32.5. The number of nitrogens with two attached hydrogens (primary N) is 3. The van der Waals surface area contributed by atoms with Gasteiger partial charge in [-0.15, -0.1) is 0 Å². The number of rotatable bonds is 16. The number of nitrogens with zero attached hydrogens (tertiary/aromatic N) is 3. The number of fused-ring (bicyclic) bond motifs is 5. The molecule has 0 spiro atoms. The summed E-state index contributed by atoms with van der Waals surface area (Å²) < 4.78 is 53.4. The Morgan fingerprint density at radius 3 is 2.15 bits per heavy atom. The molecule has 20 heteroatoms. The minimum atomic E-state index is -4.36. The van der Waals surface area contributed by atoms with Crippen LogP contribution in [0.3, 0.4) is 0 Å². The molecule has 6 rings (SSSR count). The molecule has 4 bridgehead atoms. The van der Waals surface area contributed by atoms with E-state index in [1.54, 1.807) is 61.5 Å². The fraction of sp³-hybridized carbons (Fsp3) is 0.396. The summed E-state index contributed by atoms with van der Waals surface area (Å²) in [4.78, 5) is 75.9. The van der Waals surface area contributed by atoms with Crippen LogP contribution >= 0.6 is 0 Å². The highest BCUT2D eigenvalue weighted by molar-refractivity contribution is 6.00. The molecule has 4 unspecified atom stereocenters. The average Bonchev–Trinajstić information content (AvgIpc) is 4.14. The predicted octanol–water partition coefficient (Wildman–Crippen LogP) is 2.83. The maximum Gasteiger partial charge on any atom is 0.398 e. The Kier molecular flexibility index (Phi) is 16.1. The van der Waals surface area contributed by atoms with Gasteiger partial charge in [0, 0.05) is 43.2 Å². The number of alkyl halides is 3. The van der Waals surface area contributed by atoms with Crippen LogP contribution in [-0.2, 0) is 31.0 Å². The van der Waals surface area contributed by atoms with E-state index in [1.807, 2.05) is 6.07 Å². The van der Waals surface area contributed by atoms with Crippen LogP contribution in [0.5, 0.6) is 11.5 Å². The number of hydrogen-bond donors (Lipinski definition) is 7. The van der Waals surface area contributed by atoms with Crippen molar-refractivity contribution < 1.29 is 46.6 Å². The summed E-state index contributed by atoms with van der Waals surface area (Å²) in [5.41, 5.74) is 19.0. The Bertz CT molecular complexity index is 2560. The number of likely N-dealkylation sites (N-methyl/N-ethyl adjacent to an activating group) is 1. The number of hydrogen-bond acceptors (Lipinski definition) is 12. The van der Waals surface area contributed by atoms with Crippen LogP contribution in [0.25, 0.3) is 22.4 Å². The number of halogens is 3. The molecule has 5 amide bonds. The molecule has 1 aromatic heterocycles. The van der Waals surface area contributed by atoms with Crippen LogP contribution < -0.4 is 47.9 Å². The van der Waals surface area contributed by atoms with E-state index in [1.165, 1.54) is 32.2 Å². The summed E-state index contributed by atoms with van der Waals surface area (Å²) >= 11 is 0. The normalized spacial score (nSPS) is 18.1. The molecule has 1 aliphatic carbocycles.